The third-order valence-electron chi connectivity index (χ3n) is 4.74. The number of carbonyl (C=O) groups excluding carboxylic acids is 2. The van der Waals surface area contributed by atoms with Crippen molar-refractivity contribution in [2.45, 2.75) is 71.6 Å². The SMILES string of the molecule is CC(C)[C@@H]1OCC[C@H]1C(=O)NC1CCN(C(=O)NC(C)(C)C)CC1. The molecule has 2 heterocycles. The van der Waals surface area contributed by atoms with Crippen LogP contribution >= 0.6 is 0 Å². The monoisotopic (exact) mass is 339 g/mol. The topological polar surface area (TPSA) is 70.7 Å². The molecule has 24 heavy (non-hydrogen) atoms. The Morgan fingerprint density at radius 2 is 1.75 bits per heavy atom. The fraction of sp³-hybridized carbons (Fsp3) is 0.889. The van der Waals surface area contributed by atoms with Gasteiger partial charge in [-0.1, -0.05) is 13.8 Å². The van der Waals surface area contributed by atoms with Crippen LogP contribution in [0.15, 0.2) is 0 Å². The Kier molecular flexibility index (Phi) is 6.12. The zero-order valence-electron chi connectivity index (χ0n) is 15.7. The van der Waals surface area contributed by atoms with Crippen LogP contribution in [0, 0.1) is 11.8 Å². The van der Waals surface area contributed by atoms with E-state index >= 15 is 0 Å². The van der Waals surface area contributed by atoms with Crippen molar-refractivity contribution < 1.29 is 14.3 Å². The standard InChI is InChI=1S/C18H33N3O3/c1-12(2)15-14(8-11-24-15)16(22)19-13-6-9-21(10-7-13)17(23)20-18(3,4)5/h12-15H,6-11H2,1-5H3,(H,19,22)(H,20,23)/t14-,15+/m1/s1. The lowest BCUT2D eigenvalue weighted by Crippen LogP contribution is -2.53. The van der Waals surface area contributed by atoms with Crippen molar-refractivity contribution in [3.63, 3.8) is 0 Å². The molecule has 0 saturated carbocycles. The second-order valence-corrected chi connectivity index (χ2v) is 8.42. The van der Waals surface area contributed by atoms with Crippen LogP contribution in [0.1, 0.15) is 53.9 Å². The summed E-state index contributed by atoms with van der Waals surface area (Å²) in [6.45, 7) is 12.2. The average Bonchev–Trinajstić information content (AvgIpc) is 2.96. The predicted octanol–water partition coefficient (Wildman–Crippen LogP) is 2.14. The molecule has 0 radical (unpaired) electrons. The number of piperidine rings is 1. The summed E-state index contributed by atoms with van der Waals surface area (Å²) in [5.74, 6) is 0.433. The number of nitrogens with one attached hydrogen (secondary N) is 2. The Labute approximate surface area is 145 Å². The lowest BCUT2D eigenvalue weighted by atomic mass is 9.91. The molecule has 2 aliphatic heterocycles. The van der Waals surface area contributed by atoms with Gasteiger partial charge in [-0.3, -0.25) is 4.79 Å². The van der Waals surface area contributed by atoms with E-state index in [1.165, 1.54) is 0 Å². The molecule has 0 aromatic heterocycles. The van der Waals surface area contributed by atoms with Gasteiger partial charge in [-0.25, -0.2) is 4.79 Å². The summed E-state index contributed by atoms with van der Waals surface area (Å²) in [5, 5.41) is 6.17. The molecule has 0 spiro atoms. The Hall–Kier alpha value is -1.30. The van der Waals surface area contributed by atoms with E-state index in [4.69, 9.17) is 4.74 Å². The molecule has 3 amide bonds. The first-order chi connectivity index (χ1) is 11.2. The molecule has 0 aromatic carbocycles. The summed E-state index contributed by atoms with van der Waals surface area (Å²) in [4.78, 5) is 26.6. The maximum Gasteiger partial charge on any atom is 0.317 e. The van der Waals surface area contributed by atoms with Gasteiger partial charge in [-0.2, -0.15) is 0 Å². The van der Waals surface area contributed by atoms with E-state index in [0.717, 1.165) is 19.3 Å². The number of rotatable bonds is 3. The summed E-state index contributed by atoms with van der Waals surface area (Å²) in [6, 6.07) is 0.140. The van der Waals surface area contributed by atoms with Crippen LogP contribution in [0.5, 0.6) is 0 Å². The minimum Gasteiger partial charge on any atom is -0.377 e. The Morgan fingerprint density at radius 3 is 2.29 bits per heavy atom. The van der Waals surface area contributed by atoms with Gasteiger partial charge in [0.05, 0.1) is 12.0 Å². The largest absolute Gasteiger partial charge is 0.377 e. The van der Waals surface area contributed by atoms with E-state index in [1.54, 1.807) is 0 Å². The highest BCUT2D eigenvalue weighted by Crippen LogP contribution is 2.27. The molecule has 2 fully saturated rings. The molecule has 0 aromatic rings. The first kappa shape index (κ1) is 19.0. The number of nitrogens with zero attached hydrogens (tertiary/aromatic N) is 1. The van der Waals surface area contributed by atoms with Crippen molar-refractivity contribution in [1.29, 1.82) is 0 Å². The second kappa shape index (κ2) is 7.72. The maximum absolute atomic E-state index is 12.5. The molecule has 2 rings (SSSR count). The summed E-state index contributed by atoms with van der Waals surface area (Å²) < 4.78 is 5.71. The van der Waals surface area contributed by atoms with Gasteiger partial charge in [0.15, 0.2) is 0 Å². The fourth-order valence-electron chi connectivity index (χ4n) is 3.48. The quantitative estimate of drug-likeness (QED) is 0.827. The predicted molar refractivity (Wildman–Crippen MR) is 93.7 cm³/mol. The Bertz CT molecular complexity index is 451. The Balaban J connectivity index is 1.78. The maximum atomic E-state index is 12.5. The first-order valence-corrected chi connectivity index (χ1v) is 9.16. The van der Waals surface area contributed by atoms with E-state index < -0.39 is 0 Å². The number of hydrogen-bond acceptors (Lipinski definition) is 3. The summed E-state index contributed by atoms with van der Waals surface area (Å²) in [7, 11) is 0. The molecule has 6 nitrogen and oxygen atoms in total. The number of carbonyl (C=O) groups is 2. The van der Waals surface area contributed by atoms with Crippen molar-refractivity contribution in [3.8, 4) is 0 Å². The number of hydrogen-bond donors (Lipinski definition) is 2. The van der Waals surface area contributed by atoms with Gasteiger partial charge >= 0.3 is 6.03 Å². The first-order valence-electron chi connectivity index (χ1n) is 9.16. The van der Waals surface area contributed by atoms with E-state index in [-0.39, 0.29) is 35.5 Å². The number of amides is 3. The van der Waals surface area contributed by atoms with Crippen LogP contribution in [-0.4, -0.2) is 54.2 Å². The second-order valence-electron chi connectivity index (χ2n) is 8.42. The van der Waals surface area contributed by atoms with Gasteiger partial charge in [0.1, 0.15) is 0 Å². The van der Waals surface area contributed by atoms with E-state index in [0.29, 0.717) is 25.6 Å². The highest BCUT2D eigenvalue weighted by atomic mass is 16.5. The van der Waals surface area contributed by atoms with Gasteiger partial charge in [-0.05, 0) is 46.0 Å². The Morgan fingerprint density at radius 1 is 1.12 bits per heavy atom. The summed E-state index contributed by atoms with van der Waals surface area (Å²) >= 11 is 0. The number of ether oxygens (including phenoxy) is 1. The van der Waals surface area contributed by atoms with Crippen molar-refractivity contribution >= 4 is 11.9 Å². The summed E-state index contributed by atoms with van der Waals surface area (Å²) in [6.07, 6.45) is 2.45. The van der Waals surface area contributed by atoms with Crippen molar-refractivity contribution in [2.75, 3.05) is 19.7 Å². The van der Waals surface area contributed by atoms with Gasteiger partial charge in [0.2, 0.25) is 5.91 Å². The third-order valence-corrected chi connectivity index (χ3v) is 4.74. The van der Waals surface area contributed by atoms with Crippen molar-refractivity contribution in [3.05, 3.63) is 0 Å². The molecule has 2 aliphatic rings. The molecule has 138 valence electrons. The van der Waals surface area contributed by atoms with Crippen LogP contribution in [-0.2, 0) is 9.53 Å². The third kappa shape index (κ3) is 5.10. The normalized spacial score (nSPS) is 25.8. The number of urea groups is 1. The molecule has 0 bridgehead atoms. The zero-order valence-corrected chi connectivity index (χ0v) is 15.7. The van der Waals surface area contributed by atoms with Crippen LogP contribution < -0.4 is 10.6 Å². The summed E-state index contributed by atoms with van der Waals surface area (Å²) in [5.41, 5.74) is -0.226. The molecule has 6 heteroatoms. The fourth-order valence-corrected chi connectivity index (χ4v) is 3.48. The molecule has 2 N–H and O–H groups in total. The van der Waals surface area contributed by atoms with Crippen molar-refractivity contribution in [2.24, 2.45) is 11.8 Å². The average molecular weight is 339 g/mol. The van der Waals surface area contributed by atoms with Gasteiger partial charge in [-0.15, -0.1) is 0 Å². The molecular weight excluding hydrogens is 306 g/mol. The van der Waals surface area contributed by atoms with Crippen LogP contribution in [0.25, 0.3) is 0 Å². The minimum atomic E-state index is -0.226. The lowest BCUT2D eigenvalue weighted by Gasteiger charge is -2.35. The van der Waals surface area contributed by atoms with Gasteiger partial charge < -0.3 is 20.3 Å². The van der Waals surface area contributed by atoms with Crippen LogP contribution in [0.3, 0.4) is 0 Å². The molecule has 2 saturated heterocycles. The van der Waals surface area contributed by atoms with E-state index in [1.807, 2.05) is 25.7 Å². The molecule has 0 aliphatic carbocycles. The smallest absolute Gasteiger partial charge is 0.317 e. The van der Waals surface area contributed by atoms with Gasteiger partial charge in [0.25, 0.3) is 0 Å². The molecule has 0 unspecified atom stereocenters. The number of likely N-dealkylation sites (tertiary alicyclic amines) is 1. The highest BCUT2D eigenvalue weighted by molar-refractivity contribution is 5.80. The lowest BCUT2D eigenvalue weighted by molar-refractivity contribution is -0.128. The minimum absolute atomic E-state index is 0.0173. The van der Waals surface area contributed by atoms with E-state index in [2.05, 4.69) is 24.5 Å². The zero-order chi connectivity index (χ0) is 17.9. The van der Waals surface area contributed by atoms with Crippen LogP contribution in [0.2, 0.25) is 0 Å². The van der Waals surface area contributed by atoms with Gasteiger partial charge in [0, 0.05) is 31.3 Å². The van der Waals surface area contributed by atoms with Crippen molar-refractivity contribution in [1.82, 2.24) is 15.5 Å². The van der Waals surface area contributed by atoms with E-state index in [9.17, 15) is 9.59 Å². The van der Waals surface area contributed by atoms with Crippen LogP contribution in [0.4, 0.5) is 4.79 Å². The molecule has 2 atom stereocenters. The highest BCUT2D eigenvalue weighted by Gasteiger charge is 2.37. The molecular formula is C18H33N3O3.